The van der Waals surface area contributed by atoms with E-state index in [1.807, 2.05) is 0 Å². The number of carbonyl (C=O) groups is 1. The van der Waals surface area contributed by atoms with E-state index in [2.05, 4.69) is 102 Å². The number of esters is 1. The highest BCUT2D eigenvalue weighted by Crippen LogP contribution is 2.55. The largest absolute Gasteiger partial charge is 0.469 e. The van der Waals surface area contributed by atoms with Gasteiger partial charge in [0.25, 0.3) is 0 Å². The van der Waals surface area contributed by atoms with Crippen molar-refractivity contribution < 1.29 is 14.6 Å². The number of methoxy groups -OCH3 is 1. The van der Waals surface area contributed by atoms with Gasteiger partial charge in [0, 0.05) is 83.9 Å². The van der Waals surface area contributed by atoms with E-state index in [1.165, 1.54) is 55.5 Å². The molecule has 2 aromatic carbocycles. The van der Waals surface area contributed by atoms with Crippen molar-refractivity contribution in [1.29, 1.82) is 0 Å². The Morgan fingerprint density at radius 1 is 0.958 bits per heavy atom. The number of piperidine rings is 4. The summed E-state index contributed by atoms with van der Waals surface area (Å²) in [6.45, 7) is 6.43. The van der Waals surface area contributed by atoms with Gasteiger partial charge in [-0.3, -0.25) is 14.6 Å². The first-order chi connectivity index (χ1) is 23.4. The number of aromatic nitrogens is 2. The molecule has 0 saturated carbocycles. The van der Waals surface area contributed by atoms with Gasteiger partial charge in [0.15, 0.2) is 0 Å². The number of likely N-dealkylation sites (tertiary alicyclic amines) is 1. The molecule has 7 nitrogen and oxygen atoms in total. The molecule has 0 amide bonds. The molecule has 9 atom stereocenters. The first kappa shape index (κ1) is 30.4. The highest BCUT2D eigenvalue weighted by atomic mass is 16.5. The molecule has 250 valence electrons. The van der Waals surface area contributed by atoms with Crippen LogP contribution in [0.15, 0.2) is 65.8 Å². The molecule has 48 heavy (non-hydrogen) atoms. The minimum Gasteiger partial charge on any atom is -0.469 e. The highest BCUT2D eigenvalue weighted by Gasteiger charge is 2.53. The molecular weight excluding hydrogens is 596 g/mol. The number of hydrogen-bond donors (Lipinski definition) is 2. The van der Waals surface area contributed by atoms with Gasteiger partial charge in [-0.2, -0.15) is 0 Å². The van der Waals surface area contributed by atoms with Crippen molar-refractivity contribution in [3.8, 4) is 0 Å². The maximum atomic E-state index is 13.7. The summed E-state index contributed by atoms with van der Waals surface area (Å²) in [4.78, 5) is 22.7. The number of benzene rings is 2. The number of ether oxygens (including phenoxy) is 1. The Hall–Kier alpha value is -3.65. The summed E-state index contributed by atoms with van der Waals surface area (Å²) >= 11 is 0. The summed E-state index contributed by atoms with van der Waals surface area (Å²) in [7, 11) is 5.97. The molecule has 6 aliphatic rings. The molecule has 0 spiro atoms. The summed E-state index contributed by atoms with van der Waals surface area (Å²) in [6, 6.07) is 16.7. The molecule has 4 fully saturated rings. The Bertz CT molecular complexity index is 2020. The van der Waals surface area contributed by atoms with Crippen molar-refractivity contribution in [3.63, 3.8) is 0 Å². The number of allylic oxidation sites excluding steroid dienone is 2. The summed E-state index contributed by atoms with van der Waals surface area (Å²) in [6.07, 6.45) is 8.27. The van der Waals surface area contributed by atoms with E-state index in [-0.39, 0.29) is 36.4 Å². The van der Waals surface area contributed by atoms with E-state index in [0.717, 1.165) is 44.3 Å². The van der Waals surface area contributed by atoms with Crippen LogP contribution in [0.5, 0.6) is 0 Å². The topological polar surface area (TPSA) is 73.7 Å². The maximum Gasteiger partial charge on any atom is 0.310 e. The maximum absolute atomic E-state index is 13.7. The number of likely N-dealkylation sites (N-methyl/N-ethyl adjacent to an activating group) is 1. The lowest BCUT2D eigenvalue weighted by Gasteiger charge is -2.58. The minimum absolute atomic E-state index is 0.0703. The number of aromatic amines is 1. The fraction of sp³-hybridized carbons (Fsp3) is 0.488. The molecule has 6 bridgehead atoms. The average molecular weight is 645 g/mol. The number of nitrogens with one attached hydrogen (secondary N) is 1. The van der Waals surface area contributed by atoms with Gasteiger partial charge in [0.1, 0.15) is 0 Å². The molecule has 7 heterocycles. The third-order valence-corrected chi connectivity index (χ3v) is 13.5. The quantitative estimate of drug-likeness (QED) is 0.204. The number of hydrogen-bond acceptors (Lipinski definition) is 5. The van der Waals surface area contributed by atoms with Crippen molar-refractivity contribution in [2.45, 2.75) is 63.6 Å². The van der Waals surface area contributed by atoms with E-state index >= 15 is 0 Å². The summed E-state index contributed by atoms with van der Waals surface area (Å²) in [5, 5.41) is 13.2. The lowest BCUT2D eigenvalue weighted by molar-refractivity contribution is -0.151. The lowest BCUT2D eigenvalue weighted by Crippen LogP contribution is -2.61. The van der Waals surface area contributed by atoms with Crippen LogP contribution in [0.4, 0.5) is 0 Å². The van der Waals surface area contributed by atoms with Crippen LogP contribution in [0.1, 0.15) is 66.7 Å². The third kappa shape index (κ3) is 4.13. The Labute approximate surface area is 283 Å². The first-order valence-corrected chi connectivity index (χ1v) is 18.0. The monoisotopic (exact) mass is 644 g/mol. The van der Waals surface area contributed by atoms with E-state index < -0.39 is 0 Å². The molecule has 0 radical (unpaired) electrons. The molecule has 2 aromatic heterocycles. The zero-order valence-electron chi connectivity index (χ0n) is 28.9. The van der Waals surface area contributed by atoms with Crippen LogP contribution in [0.3, 0.4) is 0 Å². The number of rotatable bonds is 3. The van der Waals surface area contributed by atoms with E-state index in [4.69, 9.17) is 4.74 Å². The van der Waals surface area contributed by atoms with Crippen molar-refractivity contribution in [1.82, 2.24) is 19.4 Å². The minimum atomic E-state index is -0.223. The van der Waals surface area contributed by atoms with Gasteiger partial charge >= 0.3 is 5.97 Å². The number of aliphatic hydroxyl groups is 1. The van der Waals surface area contributed by atoms with Gasteiger partial charge in [-0.1, -0.05) is 47.6 Å². The molecular formula is C41H48N4O3. The molecule has 7 heteroatoms. The highest BCUT2D eigenvalue weighted by molar-refractivity contribution is 5.88. The Kier molecular flexibility index (Phi) is 7.09. The van der Waals surface area contributed by atoms with Crippen LogP contribution < -0.4 is 0 Å². The summed E-state index contributed by atoms with van der Waals surface area (Å²) in [5.74, 6) is 0.648. The van der Waals surface area contributed by atoms with E-state index in [1.54, 1.807) is 7.11 Å². The Morgan fingerprint density at radius 2 is 1.73 bits per heavy atom. The number of aryl methyl sites for hydroxylation is 1. The summed E-state index contributed by atoms with van der Waals surface area (Å²) in [5.41, 5.74) is 12.2. The molecule has 4 aromatic rings. The summed E-state index contributed by atoms with van der Waals surface area (Å²) < 4.78 is 8.02. The number of carbonyl (C=O) groups excluding carboxylic acids is 1. The van der Waals surface area contributed by atoms with Crippen LogP contribution in [0.25, 0.3) is 21.8 Å². The second-order valence-corrected chi connectivity index (χ2v) is 15.3. The molecule has 4 saturated heterocycles. The fourth-order valence-electron chi connectivity index (χ4n) is 11.3. The van der Waals surface area contributed by atoms with E-state index in [0.29, 0.717) is 23.9 Å². The van der Waals surface area contributed by atoms with Crippen LogP contribution in [0, 0.1) is 23.7 Å². The van der Waals surface area contributed by atoms with Gasteiger partial charge in [-0.15, -0.1) is 0 Å². The van der Waals surface area contributed by atoms with Crippen LogP contribution >= 0.6 is 0 Å². The first-order valence-electron chi connectivity index (χ1n) is 18.0. The average Bonchev–Trinajstić information content (AvgIpc) is 3.60. The van der Waals surface area contributed by atoms with Crippen molar-refractivity contribution in [2.24, 2.45) is 30.7 Å². The van der Waals surface area contributed by atoms with Crippen molar-refractivity contribution in [2.75, 3.05) is 33.9 Å². The molecule has 5 aliphatic heterocycles. The van der Waals surface area contributed by atoms with Gasteiger partial charge < -0.3 is 19.4 Å². The van der Waals surface area contributed by atoms with Gasteiger partial charge in [0.05, 0.1) is 19.1 Å². The number of nitrogens with zero attached hydrogens (tertiary/aromatic N) is 3. The predicted octanol–water partition coefficient (Wildman–Crippen LogP) is 6.26. The second-order valence-electron chi connectivity index (χ2n) is 15.3. The van der Waals surface area contributed by atoms with E-state index in [9.17, 15) is 9.90 Å². The van der Waals surface area contributed by atoms with Crippen molar-refractivity contribution in [3.05, 3.63) is 93.8 Å². The predicted molar refractivity (Wildman–Crippen MR) is 190 cm³/mol. The second kappa shape index (κ2) is 11.2. The van der Waals surface area contributed by atoms with Crippen LogP contribution in [-0.4, -0.2) is 76.4 Å². The Balaban J connectivity index is 1.22. The van der Waals surface area contributed by atoms with Gasteiger partial charge in [-0.25, -0.2) is 0 Å². The SMILES string of the molecule is C/C=C1/CN(C)[C@@H]2Cc3c([nH]c4ccccc34)[C@H](c3ccc4c(c3)c3c(n4C)[C@@H]4C[C@H]5/C(=C\C)CN4[C@@H](C3)[C@H]5CO)C[C@H]1[C@@H]2C(=O)OC. The molecule has 1 unspecified atom stereocenters. The number of H-pyrrole nitrogens is 1. The van der Waals surface area contributed by atoms with Gasteiger partial charge in [0.2, 0.25) is 0 Å². The lowest BCUT2D eigenvalue weighted by atomic mass is 9.64. The molecule has 1 aliphatic carbocycles. The molecule has 2 N–H and O–H groups in total. The number of aliphatic hydroxyl groups excluding tert-OH is 1. The van der Waals surface area contributed by atoms with Crippen LogP contribution in [-0.2, 0) is 29.4 Å². The zero-order chi connectivity index (χ0) is 33.0. The van der Waals surface area contributed by atoms with Crippen molar-refractivity contribution >= 4 is 27.8 Å². The van der Waals surface area contributed by atoms with Crippen LogP contribution in [0.2, 0.25) is 0 Å². The number of fused-ring (bicyclic) bond motifs is 9. The standard InChI is InChI=1S/C41H48N4O3/c1-6-22-19-43(3)36-17-30-25-10-8-9-11-33(25)42-39(30)28(15-27(22)38(36)41(47)48-5)24-12-13-34-29(14-24)31-18-35-32(21-46)26-16-37(40(31)44(34)4)45(35)20-23(26)7-2/h6-14,26-28,32,35-38,42,46H,15-21H2,1-5H3/b22-6-,23-7-/t26-,27+,28-,32-,35-,36+,37-,38-/m0/s1. The normalized spacial score (nSPS) is 34.3. The Morgan fingerprint density at radius 3 is 2.50 bits per heavy atom. The zero-order valence-corrected chi connectivity index (χ0v) is 28.9. The fourth-order valence-corrected chi connectivity index (χ4v) is 11.3. The third-order valence-electron chi connectivity index (χ3n) is 13.5. The number of para-hydroxylation sites is 1. The molecule has 10 rings (SSSR count). The smallest absolute Gasteiger partial charge is 0.310 e. The van der Waals surface area contributed by atoms with Gasteiger partial charge in [-0.05, 0) is 93.3 Å².